The summed E-state index contributed by atoms with van der Waals surface area (Å²) >= 11 is 0. The molecule has 7 nitrogen and oxygen atoms in total. The molecule has 1 heterocycles. The lowest BCUT2D eigenvalue weighted by Gasteiger charge is -2.20. The molecule has 2 aromatic carbocycles. The minimum Gasteiger partial charge on any atom is -0.506 e. The third-order valence-electron chi connectivity index (χ3n) is 5.85. The van der Waals surface area contributed by atoms with Gasteiger partial charge in [0.1, 0.15) is 28.6 Å². The van der Waals surface area contributed by atoms with Crippen LogP contribution in [0.5, 0.6) is 17.2 Å². The molecule has 0 radical (unpaired) electrons. The minimum absolute atomic E-state index is 0.0250. The fourth-order valence-electron chi connectivity index (χ4n) is 4.14. The standard InChI is InChI=1S/C29H34N2O5/c1-7-8-14-21-24(25-22(34-5)15-18(2)16-23(25)35-6)27(32)26(28(33)31-21)29(30-4)36-19(3)17-20-12-10-9-11-13-20/h9-13,15-16H,3,7-8,14,17H2,1-2,4-6H3,(H2,31,32,33). The Morgan fingerprint density at radius 1 is 1.08 bits per heavy atom. The zero-order chi connectivity index (χ0) is 26.2. The third kappa shape index (κ3) is 5.79. The molecule has 0 amide bonds. The van der Waals surface area contributed by atoms with Gasteiger partial charge in [-0.1, -0.05) is 50.3 Å². The van der Waals surface area contributed by atoms with Crippen molar-refractivity contribution < 1.29 is 19.3 Å². The summed E-state index contributed by atoms with van der Waals surface area (Å²) in [6.45, 7) is 7.98. The lowest BCUT2D eigenvalue weighted by molar-refractivity contribution is 0.394. The van der Waals surface area contributed by atoms with E-state index in [0.717, 1.165) is 24.0 Å². The smallest absolute Gasteiger partial charge is 0.264 e. The molecule has 7 heteroatoms. The topological polar surface area (TPSA) is 93.1 Å². The number of allylic oxidation sites excluding steroid dienone is 1. The highest BCUT2D eigenvalue weighted by Gasteiger charge is 2.27. The van der Waals surface area contributed by atoms with Crippen molar-refractivity contribution in [3.05, 3.63) is 87.5 Å². The second-order valence-electron chi connectivity index (χ2n) is 8.51. The summed E-state index contributed by atoms with van der Waals surface area (Å²) in [7, 11) is 4.62. The molecular weight excluding hydrogens is 456 g/mol. The number of methoxy groups -OCH3 is 2. The molecule has 0 bridgehead atoms. The molecule has 0 saturated carbocycles. The predicted octanol–water partition coefficient (Wildman–Crippen LogP) is 5.57. The van der Waals surface area contributed by atoms with Crippen LogP contribution in [0.4, 0.5) is 0 Å². The molecule has 0 aliphatic heterocycles. The molecule has 0 aliphatic rings. The number of benzene rings is 2. The first kappa shape index (κ1) is 26.6. The molecular formula is C29H34N2O5. The fourth-order valence-corrected chi connectivity index (χ4v) is 4.14. The van der Waals surface area contributed by atoms with E-state index in [1.807, 2.05) is 49.4 Å². The van der Waals surface area contributed by atoms with Crippen LogP contribution >= 0.6 is 0 Å². The Bertz CT molecular complexity index is 1280. The van der Waals surface area contributed by atoms with E-state index < -0.39 is 5.56 Å². The van der Waals surface area contributed by atoms with Gasteiger partial charge in [-0.25, -0.2) is 0 Å². The Morgan fingerprint density at radius 2 is 1.72 bits per heavy atom. The molecule has 3 rings (SSSR count). The van der Waals surface area contributed by atoms with Crippen LogP contribution in [0.15, 0.2) is 64.6 Å². The number of aromatic nitrogens is 1. The Hall–Kier alpha value is -4.00. The van der Waals surface area contributed by atoms with Crippen molar-refractivity contribution >= 4 is 5.90 Å². The zero-order valence-electron chi connectivity index (χ0n) is 21.6. The lowest BCUT2D eigenvalue weighted by atomic mass is 9.95. The highest BCUT2D eigenvalue weighted by molar-refractivity contribution is 6.00. The molecule has 190 valence electrons. The molecule has 0 fully saturated rings. The number of unbranched alkanes of at least 4 members (excludes halogenated alkanes) is 1. The van der Waals surface area contributed by atoms with Crippen molar-refractivity contribution in [3.8, 4) is 28.4 Å². The summed E-state index contributed by atoms with van der Waals surface area (Å²) in [6.07, 6.45) is 2.71. The molecule has 0 saturated heterocycles. The lowest BCUT2D eigenvalue weighted by Crippen LogP contribution is -2.23. The SMILES string of the molecule is C=C(Cc1ccccc1)OC(=NC)c1c(O)c(-c2c(OC)cc(C)cc2OC)c(CCCC)[nH]c1=O. The Balaban J connectivity index is 2.18. The van der Waals surface area contributed by atoms with E-state index >= 15 is 0 Å². The number of H-pyrrole nitrogens is 1. The van der Waals surface area contributed by atoms with E-state index in [4.69, 9.17) is 14.2 Å². The van der Waals surface area contributed by atoms with Crippen molar-refractivity contribution in [2.75, 3.05) is 21.3 Å². The quantitative estimate of drug-likeness (QED) is 0.220. The molecule has 0 atom stereocenters. The summed E-state index contributed by atoms with van der Waals surface area (Å²) in [5.74, 6) is 1.15. The summed E-state index contributed by atoms with van der Waals surface area (Å²) in [6, 6.07) is 13.4. The average molecular weight is 491 g/mol. The Kier molecular flexibility index (Phi) is 8.95. The van der Waals surface area contributed by atoms with Gasteiger partial charge in [0.05, 0.1) is 25.3 Å². The Labute approximate surface area is 212 Å². The van der Waals surface area contributed by atoms with Gasteiger partial charge in [0.15, 0.2) is 0 Å². The van der Waals surface area contributed by atoms with E-state index in [-0.39, 0.29) is 17.2 Å². The van der Waals surface area contributed by atoms with E-state index in [1.54, 1.807) is 14.2 Å². The van der Waals surface area contributed by atoms with E-state index in [1.165, 1.54) is 7.05 Å². The minimum atomic E-state index is -0.500. The molecule has 36 heavy (non-hydrogen) atoms. The van der Waals surface area contributed by atoms with Crippen LogP contribution < -0.4 is 15.0 Å². The second-order valence-corrected chi connectivity index (χ2v) is 8.51. The van der Waals surface area contributed by atoms with Crippen molar-refractivity contribution in [3.63, 3.8) is 0 Å². The third-order valence-corrected chi connectivity index (χ3v) is 5.85. The van der Waals surface area contributed by atoms with Gasteiger partial charge in [0, 0.05) is 19.2 Å². The van der Waals surface area contributed by atoms with Gasteiger partial charge in [-0.3, -0.25) is 9.79 Å². The van der Waals surface area contributed by atoms with E-state index in [2.05, 4.69) is 23.5 Å². The van der Waals surface area contributed by atoms with E-state index in [9.17, 15) is 9.90 Å². The van der Waals surface area contributed by atoms with Crippen molar-refractivity contribution in [2.24, 2.45) is 4.99 Å². The maximum absolute atomic E-state index is 13.2. The number of aliphatic imine (C=N–C) groups is 1. The first-order valence-electron chi connectivity index (χ1n) is 11.9. The Morgan fingerprint density at radius 3 is 2.28 bits per heavy atom. The number of hydrogen-bond acceptors (Lipinski definition) is 6. The van der Waals surface area contributed by atoms with Gasteiger partial charge >= 0.3 is 0 Å². The summed E-state index contributed by atoms with van der Waals surface area (Å²) in [5, 5.41) is 11.6. The number of rotatable bonds is 10. The van der Waals surface area contributed by atoms with Crippen LogP contribution in [0.1, 0.15) is 42.1 Å². The van der Waals surface area contributed by atoms with Gasteiger partial charge in [-0.15, -0.1) is 0 Å². The number of aromatic hydroxyl groups is 1. The van der Waals surface area contributed by atoms with Crippen LogP contribution in [0.25, 0.3) is 11.1 Å². The van der Waals surface area contributed by atoms with Gasteiger partial charge in [0.25, 0.3) is 5.56 Å². The number of pyridine rings is 1. The molecule has 1 aromatic heterocycles. The van der Waals surface area contributed by atoms with Gasteiger partial charge in [-0.05, 0) is 43.0 Å². The van der Waals surface area contributed by atoms with Gasteiger partial charge < -0.3 is 24.3 Å². The summed E-state index contributed by atoms with van der Waals surface area (Å²) in [5.41, 5.74) is 2.91. The molecule has 0 aliphatic carbocycles. The largest absolute Gasteiger partial charge is 0.506 e. The first-order valence-corrected chi connectivity index (χ1v) is 11.9. The van der Waals surface area contributed by atoms with Crippen LogP contribution in [-0.2, 0) is 17.6 Å². The van der Waals surface area contributed by atoms with Crippen molar-refractivity contribution in [2.45, 2.75) is 39.5 Å². The number of aryl methyl sites for hydroxylation is 2. The monoisotopic (exact) mass is 490 g/mol. The number of nitrogens with zero attached hydrogens (tertiary/aromatic N) is 1. The van der Waals surface area contributed by atoms with Crippen molar-refractivity contribution in [1.29, 1.82) is 0 Å². The van der Waals surface area contributed by atoms with Crippen molar-refractivity contribution in [1.82, 2.24) is 4.98 Å². The van der Waals surface area contributed by atoms with Crippen LogP contribution in [0, 0.1) is 6.92 Å². The molecule has 0 spiro atoms. The van der Waals surface area contributed by atoms with Gasteiger partial charge in [0.2, 0.25) is 5.90 Å². The fraction of sp³-hybridized carbons (Fsp3) is 0.310. The average Bonchev–Trinajstić information content (AvgIpc) is 2.87. The second kappa shape index (κ2) is 12.1. The van der Waals surface area contributed by atoms with Crippen LogP contribution in [0.2, 0.25) is 0 Å². The predicted molar refractivity (Wildman–Crippen MR) is 143 cm³/mol. The zero-order valence-corrected chi connectivity index (χ0v) is 21.6. The summed E-state index contributed by atoms with van der Waals surface area (Å²) in [4.78, 5) is 20.4. The van der Waals surface area contributed by atoms with Gasteiger partial charge in [-0.2, -0.15) is 0 Å². The molecule has 2 N–H and O–H groups in total. The molecule has 0 unspecified atom stereocenters. The van der Waals surface area contributed by atoms with Crippen LogP contribution in [0.3, 0.4) is 0 Å². The first-order chi connectivity index (χ1) is 17.3. The number of hydrogen-bond donors (Lipinski definition) is 2. The molecule has 3 aromatic rings. The normalized spacial score (nSPS) is 11.3. The highest BCUT2D eigenvalue weighted by Crippen LogP contribution is 2.45. The van der Waals surface area contributed by atoms with Crippen LogP contribution in [-0.4, -0.2) is 37.3 Å². The van der Waals surface area contributed by atoms with E-state index in [0.29, 0.717) is 46.9 Å². The number of nitrogens with one attached hydrogen (secondary N) is 1. The maximum Gasteiger partial charge on any atom is 0.264 e. The highest BCUT2D eigenvalue weighted by atomic mass is 16.5. The summed E-state index contributed by atoms with van der Waals surface area (Å²) < 4.78 is 17.2. The number of ether oxygens (including phenoxy) is 3. The maximum atomic E-state index is 13.2. The number of aromatic amines is 1.